The van der Waals surface area contributed by atoms with Crippen molar-refractivity contribution in [1.29, 1.82) is 0 Å². The molecule has 31 heavy (non-hydrogen) atoms. The van der Waals surface area contributed by atoms with Crippen LogP contribution in [0.25, 0.3) is 10.9 Å². The van der Waals surface area contributed by atoms with Gasteiger partial charge in [0.25, 0.3) is 0 Å². The van der Waals surface area contributed by atoms with Gasteiger partial charge in [-0.15, -0.1) is 0 Å². The van der Waals surface area contributed by atoms with Crippen LogP contribution < -0.4 is 3.58 Å². The van der Waals surface area contributed by atoms with Crippen LogP contribution in [0.1, 0.15) is 59.3 Å². The molecule has 2 aromatic heterocycles. The van der Waals surface area contributed by atoms with Crippen LogP contribution in [-0.4, -0.2) is 35.8 Å². The molecule has 3 rings (SSSR count). The first-order valence-corrected chi connectivity index (χ1v) is 20.7. The first-order valence-electron chi connectivity index (χ1n) is 11.8. The summed E-state index contributed by atoms with van der Waals surface area (Å²) >= 11 is -2.74. The van der Waals surface area contributed by atoms with E-state index in [4.69, 9.17) is 0 Å². The Morgan fingerprint density at radius 2 is 1.42 bits per heavy atom. The summed E-state index contributed by atoms with van der Waals surface area (Å²) in [6.45, 7) is 6.83. The molecule has 0 amide bonds. The van der Waals surface area contributed by atoms with Crippen LogP contribution in [0.15, 0.2) is 59.9 Å². The number of rotatable bonds is 12. The Morgan fingerprint density at radius 3 is 1.97 bits per heavy atom. The fourth-order valence-electron chi connectivity index (χ4n) is 4.70. The minimum absolute atomic E-state index is 0.315. The van der Waals surface area contributed by atoms with Crippen molar-refractivity contribution in [2.24, 2.45) is 0 Å². The third kappa shape index (κ3) is 5.19. The molecule has 0 fully saturated rings. The van der Waals surface area contributed by atoms with E-state index in [1.54, 1.807) is 36.7 Å². The molecular formula is C25H36N2O2SSn. The molecule has 1 aromatic carbocycles. The number of aromatic nitrogens is 2. The third-order valence-electron chi connectivity index (χ3n) is 6.48. The molecule has 6 heteroatoms. The zero-order valence-corrected chi connectivity index (χ0v) is 22.8. The predicted octanol–water partition coefficient (Wildman–Crippen LogP) is 6.33. The van der Waals surface area contributed by atoms with Gasteiger partial charge in [-0.05, 0) is 0 Å². The van der Waals surface area contributed by atoms with Crippen molar-refractivity contribution < 1.29 is 8.42 Å². The first kappa shape index (κ1) is 24.3. The molecule has 0 atom stereocenters. The Hall–Kier alpha value is -1.34. The van der Waals surface area contributed by atoms with Crippen LogP contribution in [0.5, 0.6) is 0 Å². The molecule has 2 heterocycles. The van der Waals surface area contributed by atoms with E-state index in [9.17, 15) is 8.42 Å². The van der Waals surface area contributed by atoms with Crippen LogP contribution in [0.4, 0.5) is 0 Å². The third-order valence-corrected chi connectivity index (χ3v) is 23.8. The summed E-state index contributed by atoms with van der Waals surface area (Å²) in [5.41, 5.74) is 0.729. The Labute approximate surface area is 192 Å². The average Bonchev–Trinajstić information content (AvgIpc) is 3.25. The van der Waals surface area contributed by atoms with Gasteiger partial charge in [-0.25, -0.2) is 0 Å². The molecule has 0 aliphatic heterocycles. The number of unbranched alkanes of at least 4 members (excludes halogenated alkanes) is 3. The normalized spacial score (nSPS) is 12.5. The van der Waals surface area contributed by atoms with E-state index in [-0.39, 0.29) is 0 Å². The van der Waals surface area contributed by atoms with E-state index in [1.807, 2.05) is 12.1 Å². The molecule has 0 unspecified atom stereocenters. The van der Waals surface area contributed by atoms with Gasteiger partial charge in [0.15, 0.2) is 0 Å². The van der Waals surface area contributed by atoms with E-state index in [1.165, 1.54) is 59.4 Å². The van der Waals surface area contributed by atoms with Crippen LogP contribution in [-0.2, 0) is 10.0 Å². The number of hydrogen-bond acceptors (Lipinski definition) is 3. The van der Waals surface area contributed by atoms with Gasteiger partial charge in [0, 0.05) is 0 Å². The monoisotopic (exact) mass is 548 g/mol. The van der Waals surface area contributed by atoms with Gasteiger partial charge >= 0.3 is 193 Å². The van der Waals surface area contributed by atoms with Crippen LogP contribution >= 0.6 is 0 Å². The molecule has 0 aliphatic carbocycles. The molecule has 4 nitrogen and oxygen atoms in total. The van der Waals surface area contributed by atoms with Gasteiger partial charge in [0.2, 0.25) is 0 Å². The fourth-order valence-corrected chi connectivity index (χ4v) is 22.5. The van der Waals surface area contributed by atoms with Crippen molar-refractivity contribution in [3.05, 3.63) is 55.0 Å². The standard InChI is InChI=1S/C13H9N2O2S.3C4H9.Sn/c16-18(17,12-4-2-1-3-5-12)15-9-7-11-6-8-14-10-13(11)15;3*1-3-4-2;/h1-5,7-10H;3*1,3-4H2,2H3;. The van der Waals surface area contributed by atoms with Crippen molar-refractivity contribution in [1.82, 2.24) is 8.96 Å². The maximum atomic E-state index is 13.3. The second kappa shape index (κ2) is 11.0. The van der Waals surface area contributed by atoms with Crippen LogP contribution in [0.2, 0.25) is 13.3 Å². The summed E-state index contributed by atoms with van der Waals surface area (Å²) in [6.07, 6.45) is 13.0. The molecule has 3 aromatic rings. The van der Waals surface area contributed by atoms with E-state index in [0.717, 1.165) is 10.9 Å². The summed E-state index contributed by atoms with van der Waals surface area (Å²) in [5, 5.41) is 1.12. The van der Waals surface area contributed by atoms with Crippen molar-refractivity contribution in [2.45, 2.75) is 77.5 Å². The van der Waals surface area contributed by atoms with E-state index < -0.39 is 28.4 Å². The number of nitrogens with zero attached hydrogens (tertiary/aromatic N) is 2. The summed E-state index contributed by atoms with van der Waals surface area (Å²) < 4.78 is 33.6. The Balaban J connectivity index is 2.16. The predicted molar refractivity (Wildman–Crippen MR) is 133 cm³/mol. The molecule has 168 valence electrons. The quantitative estimate of drug-likeness (QED) is 0.249. The molecule has 0 N–H and O–H groups in total. The molecular weight excluding hydrogens is 511 g/mol. The molecule has 0 saturated heterocycles. The first-order chi connectivity index (χ1) is 15.0. The Bertz CT molecular complexity index is 1060. The van der Waals surface area contributed by atoms with Gasteiger partial charge in [0.1, 0.15) is 0 Å². The molecule has 0 saturated carbocycles. The van der Waals surface area contributed by atoms with Gasteiger partial charge in [0.05, 0.1) is 0 Å². The van der Waals surface area contributed by atoms with E-state index in [2.05, 4.69) is 32.0 Å². The Kier molecular flexibility index (Phi) is 8.62. The maximum absolute atomic E-state index is 13.3. The van der Waals surface area contributed by atoms with Gasteiger partial charge in [-0.2, -0.15) is 0 Å². The average molecular weight is 547 g/mol. The molecule has 0 spiro atoms. The second-order valence-electron chi connectivity index (χ2n) is 8.64. The summed E-state index contributed by atoms with van der Waals surface area (Å²) in [5.74, 6) is 0. The summed E-state index contributed by atoms with van der Waals surface area (Å²) in [4.78, 5) is 4.93. The summed E-state index contributed by atoms with van der Waals surface area (Å²) in [7, 11) is -3.64. The minimum atomic E-state index is -3.64. The molecule has 0 radical (unpaired) electrons. The SMILES string of the molecule is CCC[CH2][Sn]([CH2]CCC)([CH2]CCC)[c]1cncc2c1ccn2S(=O)(=O)c1ccccc1. The van der Waals surface area contributed by atoms with Crippen LogP contribution in [0, 0.1) is 0 Å². The van der Waals surface area contributed by atoms with Crippen molar-refractivity contribution in [3.8, 4) is 0 Å². The fraction of sp³-hybridized carbons (Fsp3) is 0.480. The topological polar surface area (TPSA) is 52.0 Å². The number of hydrogen-bond donors (Lipinski definition) is 0. The van der Waals surface area contributed by atoms with E-state index >= 15 is 0 Å². The van der Waals surface area contributed by atoms with Crippen molar-refractivity contribution >= 4 is 42.9 Å². The van der Waals surface area contributed by atoms with Gasteiger partial charge < -0.3 is 0 Å². The zero-order chi connectivity index (χ0) is 22.3. The molecule has 0 aliphatic rings. The molecule has 0 bridgehead atoms. The van der Waals surface area contributed by atoms with Crippen molar-refractivity contribution in [2.75, 3.05) is 0 Å². The van der Waals surface area contributed by atoms with Gasteiger partial charge in [-0.1, -0.05) is 0 Å². The number of benzene rings is 1. The number of pyridine rings is 1. The van der Waals surface area contributed by atoms with Gasteiger partial charge in [-0.3, -0.25) is 0 Å². The zero-order valence-electron chi connectivity index (χ0n) is 19.2. The number of fused-ring (bicyclic) bond motifs is 1. The van der Waals surface area contributed by atoms with Crippen molar-refractivity contribution in [3.63, 3.8) is 0 Å². The Morgan fingerprint density at radius 1 is 0.839 bits per heavy atom. The summed E-state index contributed by atoms with van der Waals surface area (Å²) in [6, 6.07) is 10.7. The van der Waals surface area contributed by atoms with Crippen LogP contribution in [0.3, 0.4) is 0 Å². The van der Waals surface area contributed by atoms with E-state index in [0.29, 0.717) is 4.90 Å². The second-order valence-corrected chi connectivity index (χ2v) is 23.6.